The Morgan fingerprint density at radius 2 is 1.79 bits per heavy atom. The second-order valence-corrected chi connectivity index (χ2v) is 5.85. The molecule has 0 aromatic heterocycles. The highest BCUT2D eigenvalue weighted by molar-refractivity contribution is 6.03. The van der Waals surface area contributed by atoms with Gasteiger partial charge in [-0.2, -0.15) is 0 Å². The summed E-state index contributed by atoms with van der Waals surface area (Å²) in [5, 5.41) is 2.98. The molecule has 124 valence electrons. The maximum absolute atomic E-state index is 12.2. The number of ether oxygens (including phenoxy) is 1. The lowest BCUT2D eigenvalue weighted by atomic mass is 10.1. The van der Waals surface area contributed by atoms with Crippen molar-refractivity contribution in [2.24, 2.45) is 0 Å². The van der Waals surface area contributed by atoms with Gasteiger partial charge < -0.3 is 15.0 Å². The van der Waals surface area contributed by atoms with Crippen LogP contribution in [0.15, 0.2) is 54.6 Å². The maximum Gasteiger partial charge on any atom is 0.248 e. The molecule has 0 bridgehead atoms. The SMILES string of the molecule is Cc1ccc(/C=C/C(=O)Nc2ccccc2N2CCOCC2)cc1. The second-order valence-electron chi connectivity index (χ2n) is 5.85. The number of para-hydroxylation sites is 2. The van der Waals surface area contributed by atoms with Crippen molar-refractivity contribution < 1.29 is 9.53 Å². The van der Waals surface area contributed by atoms with Crippen molar-refractivity contribution in [1.29, 1.82) is 0 Å². The average Bonchev–Trinajstić information content (AvgIpc) is 2.62. The molecule has 0 radical (unpaired) electrons. The van der Waals surface area contributed by atoms with Crippen LogP contribution in [-0.2, 0) is 9.53 Å². The van der Waals surface area contributed by atoms with Crippen LogP contribution in [0.25, 0.3) is 6.08 Å². The van der Waals surface area contributed by atoms with E-state index in [0.717, 1.165) is 43.2 Å². The highest BCUT2D eigenvalue weighted by Crippen LogP contribution is 2.26. The van der Waals surface area contributed by atoms with Gasteiger partial charge in [0.15, 0.2) is 0 Å². The van der Waals surface area contributed by atoms with Crippen molar-refractivity contribution in [1.82, 2.24) is 0 Å². The quantitative estimate of drug-likeness (QED) is 0.876. The van der Waals surface area contributed by atoms with E-state index < -0.39 is 0 Å². The Kier molecular flexibility index (Phi) is 5.29. The monoisotopic (exact) mass is 322 g/mol. The van der Waals surface area contributed by atoms with Gasteiger partial charge in [0.1, 0.15) is 0 Å². The molecule has 0 saturated carbocycles. The molecule has 24 heavy (non-hydrogen) atoms. The molecule has 1 N–H and O–H groups in total. The largest absolute Gasteiger partial charge is 0.378 e. The number of morpholine rings is 1. The van der Waals surface area contributed by atoms with Gasteiger partial charge in [0.25, 0.3) is 0 Å². The van der Waals surface area contributed by atoms with Crippen molar-refractivity contribution in [2.45, 2.75) is 6.92 Å². The minimum Gasteiger partial charge on any atom is -0.378 e. The Morgan fingerprint density at radius 1 is 1.08 bits per heavy atom. The molecule has 1 fully saturated rings. The van der Waals surface area contributed by atoms with Crippen molar-refractivity contribution in [3.63, 3.8) is 0 Å². The van der Waals surface area contributed by atoms with E-state index in [0.29, 0.717) is 0 Å². The van der Waals surface area contributed by atoms with Crippen LogP contribution >= 0.6 is 0 Å². The average molecular weight is 322 g/mol. The molecule has 1 saturated heterocycles. The topological polar surface area (TPSA) is 41.6 Å². The molecule has 1 amide bonds. The van der Waals surface area contributed by atoms with Gasteiger partial charge in [0.05, 0.1) is 24.6 Å². The van der Waals surface area contributed by atoms with E-state index >= 15 is 0 Å². The number of hydrogen-bond acceptors (Lipinski definition) is 3. The first-order valence-electron chi connectivity index (χ1n) is 8.20. The van der Waals surface area contributed by atoms with Crippen molar-refractivity contribution in [2.75, 3.05) is 36.5 Å². The lowest BCUT2D eigenvalue weighted by Gasteiger charge is -2.30. The molecule has 0 unspecified atom stereocenters. The summed E-state index contributed by atoms with van der Waals surface area (Å²) in [6.07, 6.45) is 3.40. The third kappa shape index (κ3) is 4.24. The fourth-order valence-electron chi connectivity index (χ4n) is 2.68. The third-order valence-electron chi connectivity index (χ3n) is 4.02. The van der Waals surface area contributed by atoms with Crippen molar-refractivity contribution >= 4 is 23.4 Å². The smallest absolute Gasteiger partial charge is 0.248 e. The third-order valence-corrected chi connectivity index (χ3v) is 4.02. The normalized spacial score (nSPS) is 14.8. The van der Waals surface area contributed by atoms with E-state index in [9.17, 15) is 4.79 Å². The molecule has 1 heterocycles. The highest BCUT2D eigenvalue weighted by atomic mass is 16.5. The van der Waals surface area contributed by atoms with Crippen LogP contribution in [-0.4, -0.2) is 32.2 Å². The lowest BCUT2D eigenvalue weighted by Crippen LogP contribution is -2.36. The predicted molar refractivity (Wildman–Crippen MR) is 98.3 cm³/mol. The summed E-state index contributed by atoms with van der Waals surface area (Å²) in [6.45, 7) is 5.16. The fourth-order valence-corrected chi connectivity index (χ4v) is 2.68. The van der Waals surface area contributed by atoms with Gasteiger partial charge in [-0.15, -0.1) is 0 Å². The van der Waals surface area contributed by atoms with E-state index in [1.165, 1.54) is 5.56 Å². The molecule has 4 heteroatoms. The molecule has 2 aromatic rings. The molecule has 2 aromatic carbocycles. The number of amides is 1. The van der Waals surface area contributed by atoms with Crippen LogP contribution in [0.2, 0.25) is 0 Å². The lowest BCUT2D eigenvalue weighted by molar-refractivity contribution is -0.111. The number of nitrogens with zero attached hydrogens (tertiary/aromatic N) is 1. The first kappa shape index (κ1) is 16.3. The summed E-state index contributed by atoms with van der Waals surface area (Å²) >= 11 is 0. The van der Waals surface area contributed by atoms with Gasteiger partial charge in [-0.3, -0.25) is 4.79 Å². The molecule has 0 spiro atoms. The zero-order chi connectivity index (χ0) is 16.8. The summed E-state index contributed by atoms with van der Waals surface area (Å²) in [7, 11) is 0. The van der Waals surface area contributed by atoms with Crippen LogP contribution < -0.4 is 10.2 Å². The zero-order valence-corrected chi connectivity index (χ0v) is 13.9. The van der Waals surface area contributed by atoms with E-state index in [4.69, 9.17) is 4.74 Å². The Hall–Kier alpha value is -2.59. The summed E-state index contributed by atoms with van der Waals surface area (Å²) in [5.41, 5.74) is 4.09. The van der Waals surface area contributed by atoms with Gasteiger partial charge in [-0.1, -0.05) is 42.0 Å². The van der Waals surface area contributed by atoms with Crippen molar-refractivity contribution in [3.05, 3.63) is 65.7 Å². The molecular formula is C20H22N2O2. The molecule has 1 aliphatic rings. The maximum atomic E-state index is 12.2. The number of aryl methyl sites for hydroxylation is 1. The summed E-state index contributed by atoms with van der Waals surface area (Å²) < 4.78 is 5.40. The van der Waals surface area contributed by atoms with Crippen molar-refractivity contribution in [3.8, 4) is 0 Å². The van der Waals surface area contributed by atoms with Gasteiger partial charge in [0.2, 0.25) is 5.91 Å². The number of carbonyl (C=O) groups excluding carboxylic acids is 1. The molecule has 4 nitrogen and oxygen atoms in total. The van der Waals surface area contributed by atoms with E-state index in [2.05, 4.69) is 10.2 Å². The Labute approximate surface area is 142 Å². The highest BCUT2D eigenvalue weighted by Gasteiger charge is 2.14. The summed E-state index contributed by atoms with van der Waals surface area (Å²) in [6, 6.07) is 16.0. The molecule has 0 atom stereocenters. The first-order chi connectivity index (χ1) is 11.7. The van der Waals surface area contributed by atoms with Gasteiger partial charge in [-0.05, 0) is 30.7 Å². The Bertz CT molecular complexity index is 717. The minimum atomic E-state index is -0.128. The number of carbonyl (C=O) groups is 1. The molecule has 1 aliphatic heterocycles. The van der Waals surface area contributed by atoms with E-state index in [-0.39, 0.29) is 5.91 Å². The van der Waals surface area contributed by atoms with E-state index in [1.807, 2.05) is 61.5 Å². The van der Waals surface area contributed by atoms with Crippen LogP contribution in [0.3, 0.4) is 0 Å². The van der Waals surface area contributed by atoms with Gasteiger partial charge >= 0.3 is 0 Å². The number of rotatable bonds is 4. The minimum absolute atomic E-state index is 0.128. The fraction of sp³-hybridized carbons (Fsp3) is 0.250. The Morgan fingerprint density at radius 3 is 2.54 bits per heavy atom. The Balaban J connectivity index is 1.69. The van der Waals surface area contributed by atoms with Crippen LogP contribution in [0.5, 0.6) is 0 Å². The standard InChI is InChI=1S/C20H22N2O2/c1-16-6-8-17(9-7-16)10-11-20(23)21-18-4-2-3-5-19(18)22-12-14-24-15-13-22/h2-11H,12-15H2,1H3,(H,21,23)/b11-10+. The zero-order valence-electron chi connectivity index (χ0n) is 13.9. The van der Waals surface area contributed by atoms with Crippen LogP contribution in [0.4, 0.5) is 11.4 Å². The molecular weight excluding hydrogens is 300 g/mol. The number of benzene rings is 2. The first-order valence-corrected chi connectivity index (χ1v) is 8.20. The number of anilines is 2. The number of hydrogen-bond donors (Lipinski definition) is 1. The number of nitrogens with one attached hydrogen (secondary N) is 1. The van der Waals surface area contributed by atoms with Gasteiger partial charge in [-0.25, -0.2) is 0 Å². The predicted octanol–water partition coefficient (Wildman–Crippen LogP) is 3.48. The van der Waals surface area contributed by atoms with Crippen LogP contribution in [0.1, 0.15) is 11.1 Å². The second kappa shape index (κ2) is 7.79. The molecule has 3 rings (SSSR count). The van der Waals surface area contributed by atoms with Gasteiger partial charge in [0, 0.05) is 19.2 Å². The molecule has 0 aliphatic carbocycles. The summed E-state index contributed by atoms with van der Waals surface area (Å²) in [4.78, 5) is 14.5. The summed E-state index contributed by atoms with van der Waals surface area (Å²) in [5.74, 6) is -0.128. The van der Waals surface area contributed by atoms with E-state index in [1.54, 1.807) is 6.08 Å². The van der Waals surface area contributed by atoms with Crippen LogP contribution in [0, 0.1) is 6.92 Å².